The maximum atomic E-state index is 5.97. The first-order chi connectivity index (χ1) is 9.70. The van der Waals surface area contributed by atoms with Crippen LogP contribution >= 0.6 is 15.9 Å². The minimum Gasteiger partial charge on any atom is -0.438 e. The Kier molecular flexibility index (Phi) is 5.56. The van der Waals surface area contributed by atoms with Crippen LogP contribution in [0.5, 0.6) is 11.6 Å². The molecule has 2 rings (SSSR count). The van der Waals surface area contributed by atoms with E-state index in [9.17, 15) is 0 Å². The monoisotopic (exact) mass is 334 g/mol. The molecule has 1 aromatic heterocycles. The molecule has 1 aromatic carbocycles. The van der Waals surface area contributed by atoms with Crippen LogP contribution in [0.1, 0.15) is 24.5 Å². The van der Waals surface area contributed by atoms with Gasteiger partial charge in [0, 0.05) is 22.8 Å². The van der Waals surface area contributed by atoms with Crippen molar-refractivity contribution in [2.75, 3.05) is 6.54 Å². The molecule has 2 aromatic rings. The highest BCUT2D eigenvalue weighted by Crippen LogP contribution is 2.28. The Balaban J connectivity index is 2.18. The second-order valence-electron chi connectivity index (χ2n) is 4.66. The molecule has 0 saturated carbocycles. The van der Waals surface area contributed by atoms with Crippen molar-refractivity contribution in [1.82, 2.24) is 10.3 Å². The van der Waals surface area contributed by atoms with Crippen LogP contribution in [0.15, 0.2) is 41.0 Å². The largest absolute Gasteiger partial charge is 0.438 e. The Morgan fingerprint density at radius 1 is 1.30 bits per heavy atom. The second-order valence-corrected chi connectivity index (χ2v) is 5.57. The number of aryl methyl sites for hydroxylation is 1. The van der Waals surface area contributed by atoms with Crippen LogP contribution in [-0.4, -0.2) is 11.5 Å². The molecule has 106 valence electrons. The number of pyridine rings is 1. The van der Waals surface area contributed by atoms with Crippen LogP contribution in [0.25, 0.3) is 0 Å². The van der Waals surface area contributed by atoms with Crippen molar-refractivity contribution in [2.45, 2.75) is 26.8 Å². The van der Waals surface area contributed by atoms with E-state index in [0.717, 1.165) is 40.9 Å². The standard InChI is InChI=1S/C16H19BrN2O/c1-3-8-18-11-13-5-4-9-19-16(13)20-15-10-14(17)7-6-12(15)2/h4-7,9-10,18H,3,8,11H2,1-2H3. The molecule has 3 nitrogen and oxygen atoms in total. The van der Waals surface area contributed by atoms with Crippen LogP contribution in [0.2, 0.25) is 0 Å². The number of halogens is 1. The van der Waals surface area contributed by atoms with Crippen molar-refractivity contribution >= 4 is 15.9 Å². The van der Waals surface area contributed by atoms with Gasteiger partial charge >= 0.3 is 0 Å². The molecule has 0 unspecified atom stereocenters. The predicted octanol–water partition coefficient (Wildman–Crippen LogP) is 4.44. The van der Waals surface area contributed by atoms with Crippen molar-refractivity contribution in [3.8, 4) is 11.6 Å². The lowest BCUT2D eigenvalue weighted by Crippen LogP contribution is -2.14. The van der Waals surface area contributed by atoms with Crippen molar-refractivity contribution in [3.05, 3.63) is 52.1 Å². The Morgan fingerprint density at radius 2 is 2.15 bits per heavy atom. The van der Waals surface area contributed by atoms with Crippen LogP contribution in [0.4, 0.5) is 0 Å². The fourth-order valence-electron chi connectivity index (χ4n) is 1.84. The van der Waals surface area contributed by atoms with Gasteiger partial charge in [-0.2, -0.15) is 0 Å². The number of aromatic nitrogens is 1. The highest BCUT2D eigenvalue weighted by Gasteiger charge is 2.08. The number of nitrogens with zero attached hydrogens (tertiary/aromatic N) is 1. The van der Waals surface area contributed by atoms with Gasteiger partial charge in [0.1, 0.15) is 5.75 Å². The van der Waals surface area contributed by atoms with Crippen LogP contribution in [-0.2, 0) is 6.54 Å². The summed E-state index contributed by atoms with van der Waals surface area (Å²) in [6.45, 7) is 5.94. The van der Waals surface area contributed by atoms with Crippen LogP contribution in [0, 0.1) is 6.92 Å². The molecule has 20 heavy (non-hydrogen) atoms. The number of hydrogen-bond acceptors (Lipinski definition) is 3. The Hall–Kier alpha value is -1.39. The highest BCUT2D eigenvalue weighted by molar-refractivity contribution is 9.10. The first-order valence-electron chi connectivity index (χ1n) is 6.79. The molecule has 0 aliphatic carbocycles. The summed E-state index contributed by atoms with van der Waals surface area (Å²) in [4.78, 5) is 4.35. The van der Waals surface area contributed by atoms with Gasteiger partial charge in [0.05, 0.1) is 0 Å². The zero-order valence-corrected chi connectivity index (χ0v) is 13.4. The lowest BCUT2D eigenvalue weighted by Gasteiger charge is -2.12. The van der Waals surface area contributed by atoms with Gasteiger partial charge in [-0.25, -0.2) is 4.98 Å². The Labute approximate surface area is 128 Å². The third-order valence-corrected chi connectivity index (χ3v) is 3.44. The zero-order valence-electron chi connectivity index (χ0n) is 11.8. The maximum absolute atomic E-state index is 5.97. The lowest BCUT2D eigenvalue weighted by molar-refractivity contribution is 0.449. The van der Waals surface area contributed by atoms with Gasteiger partial charge in [-0.1, -0.05) is 35.0 Å². The summed E-state index contributed by atoms with van der Waals surface area (Å²) >= 11 is 3.47. The molecular weight excluding hydrogens is 316 g/mol. The summed E-state index contributed by atoms with van der Waals surface area (Å²) in [7, 11) is 0. The first-order valence-corrected chi connectivity index (χ1v) is 7.58. The summed E-state index contributed by atoms with van der Waals surface area (Å²) in [6, 6.07) is 9.97. The average Bonchev–Trinajstić information content (AvgIpc) is 2.45. The predicted molar refractivity (Wildman–Crippen MR) is 85.2 cm³/mol. The summed E-state index contributed by atoms with van der Waals surface area (Å²) < 4.78 is 6.97. The SMILES string of the molecule is CCCNCc1cccnc1Oc1cc(Br)ccc1C. The number of ether oxygens (including phenoxy) is 1. The Morgan fingerprint density at radius 3 is 2.95 bits per heavy atom. The molecule has 0 saturated heterocycles. The topological polar surface area (TPSA) is 34.2 Å². The normalized spacial score (nSPS) is 10.6. The van der Waals surface area contributed by atoms with E-state index in [1.54, 1.807) is 6.20 Å². The van der Waals surface area contributed by atoms with Gasteiger partial charge < -0.3 is 10.1 Å². The molecule has 0 spiro atoms. The van der Waals surface area contributed by atoms with Crippen molar-refractivity contribution in [2.24, 2.45) is 0 Å². The summed E-state index contributed by atoms with van der Waals surface area (Å²) in [6.07, 6.45) is 2.87. The minimum atomic E-state index is 0.664. The van der Waals surface area contributed by atoms with Gasteiger partial charge in [0.25, 0.3) is 0 Å². The number of benzene rings is 1. The van der Waals surface area contributed by atoms with E-state index in [0.29, 0.717) is 5.88 Å². The molecular formula is C16H19BrN2O. The summed E-state index contributed by atoms with van der Waals surface area (Å²) in [5.74, 6) is 1.49. The quantitative estimate of drug-likeness (QED) is 0.792. The van der Waals surface area contributed by atoms with Gasteiger partial charge in [0.15, 0.2) is 0 Å². The van der Waals surface area contributed by atoms with E-state index in [1.807, 2.05) is 37.3 Å². The molecule has 1 N–H and O–H groups in total. The van der Waals surface area contributed by atoms with Gasteiger partial charge in [-0.15, -0.1) is 0 Å². The van der Waals surface area contributed by atoms with E-state index >= 15 is 0 Å². The molecule has 0 aliphatic rings. The average molecular weight is 335 g/mol. The van der Waals surface area contributed by atoms with Gasteiger partial charge in [0.2, 0.25) is 5.88 Å². The van der Waals surface area contributed by atoms with Crippen LogP contribution < -0.4 is 10.1 Å². The van der Waals surface area contributed by atoms with Crippen LogP contribution in [0.3, 0.4) is 0 Å². The van der Waals surface area contributed by atoms with E-state index in [4.69, 9.17) is 4.74 Å². The molecule has 1 heterocycles. The highest BCUT2D eigenvalue weighted by atomic mass is 79.9. The summed E-state index contributed by atoms with van der Waals surface area (Å²) in [5.41, 5.74) is 2.16. The molecule has 0 bridgehead atoms. The first kappa shape index (κ1) is 15.0. The number of rotatable bonds is 6. The van der Waals surface area contributed by atoms with E-state index in [1.165, 1.54) is 0 Å². The van der Waals surface area contributed by atoms with Crippen molar-refractivity contribution in [3.63, 3.8) is 0 Å². The van der Waals surface area contributed by atoms with E-state index in [-0.39, 0.29) is 0 Å². The lowest BCUT2D eigenvalue weighted by atomic mass is 10.2. The molecule has 0 atom stereocenters. The smallest absolute Gasteiger partial charge is 0.223 e. The zero-order chi connectivity index (χ0) is 14.4. The Bertz CT molecular complexity index is 572. The fraction of sp³-hybridized carbons (Fsp3) is 0.312. The number of hydrogen-bond donors (Lipinski definition) is 1. The third kappa shape index (κ3) is 4.05. The number of nitrogens with one attached hydrogen (secondary N) is 1. The van der Waals surface area contributed by atoms with E-state index in [2.05, 4.69) is 33.2 Å². The molecule has 0 amide bonds. The van der Waals surface area contributed by atoms with Gasteiger partial charge in [-0.3, -0.25) is 0 Å². The van der Waals surface area contributed by atoms with Crippen molar-refractivity contribution in [1.29, 1.82) is 0 Å². The van der Waals surface area contributed by atoms with Crippen molar-refractivity contribution < 1.29 is 4.74 Å². The fourth-order valence-corrected chi connectivity index (χ4v) is 2.18. The molecule has 0 radical (unpaired) electrons. The second kappa shape index (κ2) is 7.41. The summed E-state index contributed by atoms with van der Waals surface area (Å²) in [5, 5.41) is 3.37. The molecule has 0 fully saturated rings. The third-order valence-electron chi connectivity index (χ3n) is 2.95. The minimum absolute atomic E-state index is 0.664. The maximum Gasteiger partial charge on any atom is 0.223 e. The van der Waals surface area contributed by atoms with Gasteiger partial charge in [-0.05, 0) is 43.7 Å². The molecule has 0 aliphatic heterocycles. The molecule has 4 heteroatoms. The van der Waals surface area contributed by atoms with E-state index < -0.39 is 0 Å².